The van der Waals surface area contributed by atoms with Crippen LogP contribution in [-0.2, 0) is 14.8 Å². The topological polar surface area (TPSA) is 108 Å². The molecule has 0 atom stereocenters. The normalized spacial score (nSPS) is 16.1. The Morgan fingerprint density at radius 2 is 2.08 bits per heavy atom. The Balaban J connectivity index is 1.97. The van der Waals surface area contributed by atoms with E-state index < -0.39 is 15.9 Å². The zero-order valence-electron chi connectivity index (χ0n) is 15.0. The van der Waals surface area contributed by atoms with Crippen LogP contribution < -0.4 is 10.2 Å². The highest BCUT2D eigenvalue weighted by molar-refractivity contribution is 7.88. The molecule has 2 rings (SSSR count). The summed E-state index contributed by atoms with van der Waals surface area (Å²) in [6, 6.07) is 4.50. The van der Waals surface area contributed by atoms with Gasteiger partial charge < -0.3 is 9.84 Å². The van der Waals surface area contributed by atoms with Crippen molar-refractivity contribution in [1.82, 2.24) is 9.73 Å². The monoisotopic (exact) mass is 383 g/mol. The Hall–Kier alpha value is -2.13. The van der Waals surface area contributed by atoms with Crippen molar-refractivity contribution < 1.29 is 23.1 Å². The van der Waals surface area contributed by atoms with Crippen LogP contribution in [0.4, 0.5) is 0 Å². The quantitative estimate of drug-likeness (QED) is 0.547. The molecule has 1 saturated carbocycles. The minimum atomic E-state index is -3.47. The second-order valence-electron chi connectivity index (χ2n) is 6.32. The SMILES string of the molecule is COc1cc(/C=N/NC(=O)CN(C2CCCCC2)S(C)(=O)=O)ccc1O. The van der Waals surface area contributed by atoms with E-state index in [-0.39, 0.29) is 18.3 Å². The van der Waals surface area contributed by atoms with Crippen LogP contribution in [0.2, 0.25) is 0 Å². The standard InChI is InChI=1S/C17H25N3O5S/c1-25-16-10-13(8-9-15(16)21)11-18-19-17(22)12-20(26(2,23)24)14-6-4-3-5-7-14/h8-11,14,21H,3-7,12H2,1-2H3,(H,19,22)/b18-11+. The van der Waals surface area contributed by atoms with E-state index in [1.54, 1.807) is 12.1 Å². The second-order valence-corrected chi connectivity index (χ2v) is 8.26. The number of hydrazone groups is 1. The lowest BCUT2D eigenvalue weighted by molar-refractivity contribution is -0.121. The van der Waals surface area contributed by atoms with Crippen molar-refractivity contribution in [2.75, 3.05) is 19.9 Å². The molecule has 0 bridgehead atoms. The first-order valence-corrected chi connectivity index (χ1v) is 10.3. The molecular formula is C17H25N3O5S. The number of benzene rings is 1. The van der Waals surface area contributed by atoms with E-state index in [0.29, 0.717) is 11.3 Å². The van der Waals surface area contributed by atoms with E-state index in [9.17, 15) is 18.3 Å². The Labute approximate surface area is 153 Å². The number of carbonyl (C=O) groups excluding carboxylic acids is 1. The highest BCUT2D eigenvalue weighted by Crippen LogP contribution is 2.25. The van der Waals surface area contributed by atoms with Gasteiger partial charge in [0.1, 0.15) is 0 Å². The molecule has 8 nitrogen and oxygen atoms in total. The highest BCUT2D eigenvalue weighted by Gasteiger charge is 2.29. The maximum absolute atomic E-state index is 12.1. The van der Waals surface area contributed by atoms with Gasteiger partial charge in [-0.2, -0.15) is 9.41 Å². The molecule has 0 radical (unpaired) electrons. The summed E-state index contributed by atoms with van der Waals surface area (Å²) < 4.78 is 30.3. The maximum Gasteiger partial charge on any atom is 0.255 e. The Morgan fingerprint density at radius 1 is 1.38 bits per heavy atom. The fourth-order valence-electron chi connectivity index (χ4n) is 3.02. The van der Waals surface area contributed by atoms with Gasteiger partial charge in [-0.3, -0.25) is 4.79 Å². The lowest BCUT2D eigenvalue weighted by Gasteiger charge is -2.31. The van der Waals surface area contributed by atoms with Crippen LogP contribution in [0.1, 0.15) is 37.7 Å². The summed E-state index contributed by atoms with van der Waals surface area (Å²) in [6.07, 6.45) is 7.11. The molecule has 1 amide bonds. The number of methoxy groups -OCH3 is 1. The molecule has 2 N–H and O–H groups in total. The molecular weight excluding hydrogens is 358 g/mol. The molecule has 0 aliphatic heterocycles. The molecule has 26 heavy (non-hydrogen) atoms. The van der Waals surface area contributed by atoms with Crippen LogP contribution >= 0.6 is 0 Å². The predicted molar refractivity (Wildman–Crippen MR) is 98.8 cm³/mol. The third-order valence-corrected chi connectivity index (χ3v) is 5.59. The van der Waals surface area contributed by atoms with Crippen molar-refractivity contribution in [2.45, 2.75) is 38.1 Å². The second kappa shape index (κ2) is 9.00. The maximum atomic E-state index is 12.1. The average molecular weight is 383 g/mol. The largest absolute Gasteiger partial charge is 0.504 e. The summed E-state index contributed by atoms with van der Waals surface area (Å²) in [5.74, 6) is -0.200. The fourth-order valence-corrected chi connectivity index (χ4v) is 4.12. The van der Waals surface area contributed by atoms with Crippen molar-refractivity contribution in [3.63, 3.8) is 0 Å². The van der Waals surface area contributed by atoms with E-state index in [1.807, 2.05) is 0 Å². The number of amides is 1. The van der Waals surface area contributed by atoms with Gasteiger partial charge in [-0.05, 0) is 36.6 Å². The molecule has 1 fully saturated rings. The minimum absolute atomic E-state index is 0.00459. The van der Waals surface area contributed by atoms with Gasteiger partial charge >= 0.3 is 0 Å². The van der Waals surface area contributed by atoms with E-state index in [2.05, 4.69) is 10.5 Å². The average Bonchev–Trinajstić information content (AvgIpc) is 2.61. The zero-order valence-corrected chi connectivity index (χ0v) is 15.8. The van der Waals surface area contributed by atoms with Gasteiger partial charge in [0, 0.05) is 6.04 Å². The van der Waals surface area contributed by atoms with Gasteiger partial charge in [-0.15, -0.1) is 0 Å². The van der Waals surface area contributed by atoms with Crippen LogP contribution in [-0.4, -0.2) is 55.9 Å². The number of phenols is 1. The number of nitrogens with zero attached hydrogens (tertiary/aromatic N) is 2. The number of carbonyl (C=O) groups is 1. The molecule has 144 valence electrons. The zero-order chi connectivity index (χ0) is 19.2. The summed E-state index contributed by atoms with van der Waals surface area (Å²) in [6.45, 7) is -0.250. The molecule has 1 aliphatic rings. The van der Waals surface area contributed by atoms with Crippen molar-refractivity contribution >= 4 is 22.1 Å². The molecule has 0 aromatic heterocycles. The molecule has 0 spiro atoms. The lowest BCUT2D eigenvalue weighted by Crippen LogP contribution is -2.45. The van der Waals surface area contributed by atoms with Crippen molar-refractivity contribution in [3.8, 4) is 11.5 Å². The first-order valence-electron chi connectivity index (χ1n) is 8.47. The summed E-state index contributed by atoms with van der Waals surface area (Å²) >= 11 is 0. The predicted octanol–water partition coefficient (Wildman–Crippen LogP) is 1.45. The summed E-state index contributed by atoms with van der Waals surface area (Å²) in [5, 5.41) is 13.4. The molecule has 1 aliphatic carbocycles. The smallest absolute Gasteiger partial charge is 0.255 e. The number of phenolic OH excluding ortho intramolecular Hbond substituents is 1. The molecule has 1 aromatic rings. The number of sulfonamides is 1. The highest BCUT2D eigenvalue weighted by atomic mass is 32.2. The number of nitrogens with one attached hydrogen (secondary N) is 1. The molecule has 1 aromatic carbocycles. The molecule has 0 saturated heterocycles. The van der Waals surface area contributed by atoms with Crippen LogP contribution in [0, 0.1) is 0 Å². The first kappa shape index (κ1) is 20.2. The Kier molecular flexibility index (Phi) is 6.98. The van der Waals surface area contributed by atoms with Gasteiger partial charge in [-0.1, -0.05) is 19.3 Å². The van der Waals surface area contributed by atoms with E-state index in [0.717, 1.165) is 38.4 Å². The van der Waals surface area contributed by atoms with Gasteiger partial charge in [0.15, 0.2) is 11.5 Å². The molecule has 0 heterocycles. The van der Waals surface area contributed by atoms with Gasteiger partial charge in [0.2, 0.25) is 10.0 Å². The van der Waals surface area contributed by atoms with E-state index >= 15 is 0 Å². The summed E-state index contributed by atoms with van der Waals surface area (Å²) in [4.78, 5) is 12.1. The lowest BCUT2D eigenvalue weighted by atomic mass is 9.95. The molecule has 0 unspecified atom stereocenters. The van der Waals surface area contributed by atoms with Crippen LogP contribution in [0.5, 0.6) is 11.5 Å². The van der Waals surface area contributed by atoms with Gasteiger partial charge in [0.25, 0.3) is 5.91 Å². The minimum Gasteiger partial charge on any atom is -0.504 e. The Morgan fingerprint density at radius 3 is 2.69 bits per heavy atom. The summed E-state index contributed by atoms with van der Waals surface area (Å²) in [7, 11) is -2.04. The van der Waals surface area contributed by atoms with Gasteiger partial charge in [0.05, 0.1) is 26.1 Å². The van der Waals surface area contributed by atoms with Crippen molar-refractivity contribution in [2.24, 2.45) is 5.10 Å². The van der Waals surface area contributed by atoms with Crippen molar-refractivity contribution in [3.05, 3.63) is 23.8 Å². The van der Waals surface area contributed by atoms with Gasteiger partial charge in [-0.25, -0.2) is 13.8 Å². The first-order chi connectivity index (χ1) is 12.3. The van der Waals surface area contributed by atoms with Crippen LogP contribution in [0.15, 0.2) is 23.3 Å². The third-order valence-electron chi connectivity index (χ3n) is 4.31. The third kappa shape index (κ3) is 5.70. The van der Waals surface area contributed by atoms with E-state index in [4.69, 9.17) is 4.74 Å². The number of aromatic hydroxyl groups is 1. The Bertz CT molecular complexity index is 758. The van der Waals surface area contributed by atoms with Crippen LogP contribution in [0.25, 0.3) is 0 Å². The molecule has 9 heteroatoms. The fraction of sp³-hybridized carbons (Fsp3) is 0.529. The summed E-state index contributed by atoms with van der Waals surface area (Å²) in [5.41, 5.74) is 2.96. The number of hydrogen-bond acceptors (Lipinski definition) is 6. The number of ether oxygens (including phenoxy) is 1. The van der Waals surface area contributed by atoms with Crippen LogP contribution in [0.3, 0.4) is 0 Å². The van der Waals surface area contributed by atoms with Crippen molar-refractivity contribution in [1.29, 1.82) is 0 Å². The number of hydrogen-bond donors (Lipinski definition) is 2. The van der Waals surface area contributed by atoms with E-state index in [1.165, 1.54) is 23.7 Å². The number of rotatable bonds is 7.